The van der Waals surface area contributed by atoms with E-state index in [9.17, 15) is 19.2 Å². The maximum Gasteiger partial charge on any atom is 0.407 e. The lowest BCUT2D eigenvalue weighted by atomic mass is 10.0. The number of likely N-dealkylation sites (tertiary alicyclic amines) is 1. The van der Waals surface area contributed by atoms with E-state index in [2.05, 4.69) is 29.6 Å². The molecule has 4 rings (SSSR count). The van der Waals surface area contributed by atoms with Crippen molar-refractivity contribution in [2.24, 2.45) is 0 Å². The van der Waals surface area contributed by atoms with E-state index in [0.717, 1.165) is 50.8 Å². The first-order valence-corrected chi connectivity index (χ1v) is 19.8. The highest BCUT2D eigenvalue weighted by atomic mass is 35.5. The minimum Gasteiger partial charge on any atom is -0.493 e. The van der Waals surface area contributed by atoms with Crippen LogP contribution in [0.4, 0.5) is 16.2 Å². The molecule has 304 valence electrons. The predicted octanol–water partition coefficient (Wildman–Crippen LogP) is 7.96. The summed E-state index contributed by atoms with van der Waals surface area (Å²) in [5.74, 6) is 0.472. The van der Waals surface area contributed by atoms with Gasteiger partial charge in [0.1, 0.15) is 17.1 Å². The van der Waals surface area contributed by atoms with Gasteiger partial charge in [0.25, 0.3) is 11.8 Å². The highest BCUT2D eigenvalue weighted by Crippen LogP contribution is 2.32. The van der Waals surface area contributed by atoms with Gasteiger partial charge in [0.05, 0.1) is 35.2 Å². The fourth-order valence-electron chi connectivity index (χ4n) is 6.32. The zero-order chi connectivity index (χ0) is 40.8. The second kappa shape index (κ2) is 20.9. The molecule has 1 heterocycles. The number of nitrogens with one attached hydrogen (secondary N) is 2. The maximum atomic E-state index is 13.7. The summed E-state index contributed by atoms with van der Waals surface area (Å²) in [5, 5.41) is 5.70. The predicted molar refractivity (Wildman–Crippen MR) is 221 cm³/mol. The van der Waals surface area contributed by atoms with E-state index in [1.807, 2.05) is 30.0 Å². The zero-order valence-electron chi connectivity index (χ0n) is 33.9. The summed E-state index contributed by atoms with van der Waals surface area (Å²) < 4.78 is 17.3. The fraction of sp³-hybridized carbons (Fsp3) is 0.488. The number of nitrogens with zero attached hydrogens (tertiary/aromatic N) is 3. The molecule has 1 fully saturated rings. The number of anilines is 2. The summed E-state index contributed by atoms with van der Waals surface area (Å²) in [5.41, 5.74) is 2.00. The Kier molecular flexibility index (Phi) is 16.4. The maximum absolute atomic E-state index is 13.7. The Morgan fingerprint density at radius 1 is 0.857 bits per heavy atom. The van der Waals surface area contributed by atoms with Crippen LogP contribution in [-0.4, -0.2) is 99.2 Å². The molecule has 56 heavy (non-hydrogen) atoms. The standard InChI is InChI=1S/C43H58ClN5O7/c1-30-17-20-36(38(28-30)55-26-12-8-9-16-39(50)49-24-21-32(22-25-49)47(5)6)48(7)41(52)31-18-19-35(34(44)29-31)46-40(51)33-14-10-11-15-37(33)54-27-13-23-45-42(53)56-43(2,3)4/h10-11,14-15,17-20,28-29,32H,8-9,12-13,16,21-27H2,1-7H3,(H,45,53)(H,46,51). The van der Waals surface area contributed by atoms with Crippen LogP contribution in [0.5, 0.6) is 11.5 Å². The van der Waals surface area contributed by atoms with Gasteiger partial charge in [-0.3, -0.25) is 14.4 Å². The normalized spacial score (nSPS) is 13.3. The van der Waals surface area contributed by atoms with Crippen LogP contribution < -0.4 is 25.0 Å². The number of benzene rings is 3. The number of carbonyl (C=O) groups excluding carboxylic acids is 4. The van der Waals surface area contributed by atoms with Crippen LogP contribution in [0.1, 0.15) is 92.0 Å². The van der Waals surface area contributed by atoms with Crippen LogP contribution in [0.3, 0.4) is 0 Å². The Balaban J connectivity index is 1.27. The quantitative estimate of drug-likeness (QED) is 0.132. The smallest absolute Gasteiger partial charge is 0.407 e. The van der Waals surface area contributed by atoms with Crippen molar-refractivity contribution in [2.45, 2.75) is 84.3 Å². The molecular formula is C43H58ClN5O7. The van der Waals surface area contributed by atoms with E-state index in [4.69, 9.17) is 25.8 Å². The molecule has 3 aromatic carbocycles. The molecule has 0 bridgehead atoms. The number of piperidine rings is 1. The van der Waals surface area contributed by atoms with E-state index in [0.29, 0.717) is 66.0 Å². The summed E-state index contributed by atoms with van der Waals surface area (Å²) in [6.45, 7) is 10.1. The molecule has 2 N–H and O–H groups in total. The lowest BCUT2D eigenvalue weighted by Crippen LogP contribution is -2.44. The molecule has 0 radical (unpaired) electrons. The van der Waals surface area contributed by atoms with Crippen LogP contribution >= 0.6 is 11.6 Å². The van der Waals surface area contributed by atoms with Crippen molar-refractivity contribution < 1.29 is 33.4 Å². The number of hydrogen-bond acceptors (Lipinski definition) is 8. The topological polar surface area (TPSA) is 130 Å². The number of halogens is 1. The third-order valence-electron chi connectivity index (χ3n) is 9.46. The lowest BCUT2D eigenvalue weighted by Gasteiger charge is -2.35. The van der Waals surface area contributed by atoms with Crippen molar-refractivity contribution in [3.05, 3.63) is 82.4 Å². The van der Waals surface area contributed by atoms with E-state index in [-0.39, 0.29) is 23.4 Å². The molecule has 1 aliphatic rings. The number of amides is 4. The van der Waals surface area contributed by atoms with Crippen molar-refractivity contribution >= 4 is 46.8 Å². The van der Waals surface area contributed by atoms with Gasteiger partial charge < -0.3 is 39.5 Å². The number of aryl methyl sites for hydroxylation is 1. The van der Waals surface area contributed by atoms with Crippen LogP contribution in [0.15, 0.2) is 60.7 Å². The van der Waals surface area contributed by atoms with Crippen molar-refractivity contribution in [3.63, 3.8) is 0 Å². The molecule has 0 aliphatic carbocycles. The van der Waals surface area contributed by atoms with E-state index >= 15 is 0 Å². The Hall–Kier alpha value is -4.81. The average Bonchev–Trinajstić information content (AvgIpc) is 3.15. The van der Waals surface area contributed by atoms with E-state index in [1.54, 1.807) is 64.2 Å². The summed E-state index contributed by atoms with van der Waals surface area (Å²) in [7, 11) is 5.88. The number of unbranched alkanes of at least 4 members (excludes halogenated alkanes) is 2. The van der Waals surface area contributed by atoms with Crippen LogP contribution in [0.2, 0.25) is 5.02 Å². The molecule has 3 aromatic rings. The van der Waals surface area contributed by atoms with Gasteiger partial charge in [0.2, 0.25) is 5.91 Å². The Morgan fingerprint density at radius 2 is 1.55 bits per heavy atom. The molecule has 0 atom stereocenters. The van der Waals surface area contributed by atoms with Crippen LogP contribution in [0.25, 0.3) is 0 Å². The molecule has 0 unspecified atom stereocenters. The first-order chi connectivity index (χ1) is 26.6. The second-order valence-electron chi connectivity index (χ2n) is 15.3. The van der Waals surface area contributed by atoms with Gasteiger partial charge in [-0.15, -0.1) is 0 Å². The largest absolute Gasteiger partial charge is 0.493 e. The van der Waals surface area contributed by atoms with E-state index in [1.165, 1.54) is 11.0 Å². The number of carbonyl (C=O) groups is 4. The van der Waals surface area contributed by atoms with Crippen LogP contribution in [-0.2, 0) is 9.53 Å². The first kappa shape index (κ1) is 43.9. The van der Waals surface area contributed by atoms with Crippen molar-refractivity contribution in [1.29, 1.82) is 0 Å². The fourth-order valence-corrected chi connectivity index (χ4v) is 6.55. The molecule has 1 saturated heterocycles. The van der Waals surface area contributed by atoms with Crippen molar-refractivity contribution in [3.8, 4) is 11.5 Å². The molecule has 12 nitrogen and oxygen atoms in total. The molecule has 1 aliphatic heterocycles. The van der Waals surface area contributed by atoms with Crippen molar-refractivity contribution in [2.75, 3.05) is 64.2 Å². The van der Waals surface area contributed by atoms with Gasteiger partial charge >= 0.3 is 6.09 Å². The van der Waals surface area contributed by atoms with Gasteiger partial charge in [0.15, 0.2) is 0 Å². The van der Waals surface area contributed by atoms with Gasteiger partial charge in [-0.25, -0.2) is 4.79 Å². The Morgan fingerprint density at radius 3 is 2.25 bits per heavy atom. The number of ether oxygens (including phenoxy) is 3. The summed E-state index contributed by atoms with van der Waals surface area (Å²) >= 11 is 6.61. The lowest BCUT2D eigenvalue weighted by molar-refractivity contribution is -0.132. The third-order valence-corrected chi connectivity index (χ3v) is 9.78. The molecular weight excluding hydrogens is 734 g/mol. The minimum absolute atomic E-state index is 0.195. The summed E-state index contributed by atoms with van der Waals surface area (Å²) in [6, 6.07) is 17.8. The third kappa shape index (κ3) is 13.4. The number of hydrogen-bond donors (Lipinski definition) is 2. The molecule has 4 amide bonds. The minimum atomic E-state index is -0.585. The highest BCUT2D eigenvalue weighted by molar-refractivity contribution is 6.34. The number of para-hydroxylation sites is 1. The van der Waals surface area contributed by atoms with Gasteiger partial charge in [0, 0.05) is 44.7 Å². The molecule has 13 heteroatoms. The summed E-state index contributed by atoms with van der Waals surface area (Å²) in [6.07, 6.45) is 5.05. The Bertz CT molecular complexity index is 1800. The average molecular weight is 792 g/mol. The molecule has 0 aromatic heterocycles. The summed E-state index contributed by atoms with van der Waals surface area (Å²) in [4.78, 5) is 57.3. The number of alkyl carbamates (subject to hydrolysis) is 1. The highest BCUT2D eigenvalue weighted by Gasteiger charge is 2.24. The SMILES string of the molecule is Cc1ccc(N(C)C(=O)c2ccc(NC(=O)c3ccccc3OCCCNC(=O)OC(C)(C)C)c(Cl)c2)c(OCCCCCC(=O)N2CCC(N(C)C)CC2)c1. The molecule has 0 saturated carbocycles. The first-order valence-electron chi connectivity index (χ1n) is 19.4. The van der Waals surface area contributed by atoms with Crippen LogP contribution in [0, 0.1) is 6.92 Å². The van der Waals surface area contributed by atoms with E-state index < -0.39 is 17.6 Å². The van der Waals surface area contributed by atoms with Gasteiger partial charge in [-0.2, -0.15) is 0 Å². The zero-order valence-corrected chi connectivity index (χ0v) is 34.7. The monoisotopic (exact) mass is 791 g/mol. The molecule has 0 spiro atoms. The number of rotatable bonds is 17. The van der Waals surface area contributed by atoms with Crippen molar-refractivity contribution in [1.82, 2.24) is 15.1 Å². The van der Waals surface area contributed by atoms with Gasteiger partial charge in [-0.05, 0) is 128 Å². The van der Waals surface area contributed by atoms with Gasteiger partial charge in [-0.1, -0.05) is 29.8 Å². The second-order valence-corrected chi connectivity index (χ2v) is 15.8. The Labute approximate surface area is 336 Å².